The van der Waals surface area contributed by atoms with Crippen LogP contribution in [0.4, 0.5) is 5.82 Å². The molecule has 21 heavy (non-hydrogen) atoms. The number of likely N-dealkylation sites (tertiary alicyclic amines) is 1. The Bertz CT molecular complexity index is 582. The maximum absolute atomic E-state index is 4.45. The van der Waals surface area contributed by atoms with E-state index >= 15 is 0 Å². The monoisotopic (exact) mass is 282 g/mol. The maximum atomic E-state index is 4.45. The van der Waals surface area contributed by atoms with Crippen molar-refractivity contribution in [3.8, 4) is 0 Å². The summed E-state index contributed by atoms with van der Waals surface area (Å²) in [7, 11) is 4.07. The topological polar surface area (TPSA) is 32.3 Å². The summed E-state index contributed by atoms with van der Waals surface area (Å²) in [5.74, 6) is 1.03. The van der Waals surface area contributed by atoms with Gasteiger partial charge in [-0.25, -0.2) is 4.98 Å². The van der Waals surface area contributed by atoms with Crippen LogP contribution in [0.15, 0.2) is 42.7 Å². The predicted octanol–water partition coefficient (Wildman–Crippen LogP) is 2.88. The van der Waals surface area contributed by atoms with E-state index in [-0.39, 0.29) is 0 Å². The summed E-state index contributed by atoms with van der Waals surface area (Å²) >= 11 is 0. The number of nitrogens with zero attached hydrogens (tertiary/aromatic N) is 4. The third-order valence-corrected chi connectivity index (χ3v) is 4.07. The molecule has 3 heterocycles. The van der Waals surface area contributed by atoms with Crippen LogP contribution in [0.5, 0.6) is 0 Å². The summed E-state index contributed by atoms with van der Waals surface area (Å²) < 4.78 is 0. The van der Waals surface area contributed by atoms with E-state index in [4.69, 9.17) is 0 Å². The Balaban J connectivity index is 1.79. The SMILES string of the molecule is CN(C)c1cc(C2CCCN2Cc2ccccn2)ccn1. The molecule has 1 saturated heterocycles. The molecule has 0 saturated carbocycles. The Kier molecular flexibility index (Phi) is 4.15. The Morgan fingerprint density at radius 1 is 1.19 bits per heavy atom. The highest BCUT2D eigenvalue weighted by Crippen LogP contribution is 2.33. The molecule has 1 aliphatic rings. The molecule has 3 rings (SSSR count). The Morgan fingerprint density at radius 2 is 2.10 bits per heavy atom. The highest BCUT2D eigenvalue weighted by atomic mass is 15.2. The first-order valence-electron chi connectivity index (χ1n) is 7.51. The van der Waals surface area contributed by atoms with Gasteiger partial charge in [-0.1, -0.05) is 6.07 Å². The maximum Gasteiger partial charge on any atom is 0.128 e. The molecule has 2 aromatic rings. The van der Waals surface area contributed by atoms with Crippen LogP contribution >= 0.6 is 0 Å². The van der Waals surface area contributed by atoms with Gasteiger partial charge in [0.25, 0.3) is 0 Å². The summed E-state index contributed by atoms with van der Waals surface area (Å²) in [4.78, 5) is 13.5. The van der Waals surface area contributed by atoms with Gasteiger partial charge in [0.15, 0.2) is 0 Å². The van der Waals surface area contributed by atoms with Gasteiger partial charge in [0.2, 0.25) is 0 Å². The number of rotatable bonds is 4. The zero-order chi connectivity index (χ0) is 14.7. The number of pyridine rings is 2. The first-order chi connectivity index (χ1) is 10.2. The van der Waals surface area contributed by atoms with Crippen molar-refractivity contribution in [1.29, 1.82) is 0 Å². The van der Waals surface area contributed by atoms with Gasteiger partial charge in [0.1, 0.15) is 5.82 Å². The van der Waals surface area contributed by atoms with Crippen molar-refractivity contribution in [3.05, 3.63) is 54.0 Å². The first kappa shape index (κ1) is 14.0. The van der Waals surface area contributed by atoms with Crippen molar-refractivity contribution >= 4 is 5.82 Å². The molecule has 0 aliphatic carbocycles. The lowest BCUT2D eigenvalue weighted by atomic mass is 10.1. The minimum absolute atomic E-state index is 0.480. The molecule has 0 amide bonds. The van der Waals surface area contributed by atoms with E-state index in [1.54, 1.807) is 0 Å². The molecule has 1 aliphatic heterocycles. The van der Waals surface area contributed by atoms with Crippen molar-refractivity contribution in [3.63, 3.8) is 0 Å². The second-order valence-electron chi connectivity index (χ2n) is 5.79. The molecule has 1 fully saturated rings. The lowest BCUT2D eigenvalue weighted by molar-refractivity contribution is 0.245. The third kappa shape index (κ3) is 3.22. The molecule has 1 atom stereocenters. The Morgan fingerprint density at radius 3 is 2.86 bits per heavy atom. The smallest absolute Gasteiger partial charge is 0.128 e. The van der Waals surface area contributed by atoms with Gasteiger partial charge in [-0.15, -0.1) is 0 Å². The molecule has 0 radical (unpaired) electrons. The third-order valence-electron chi connectivity index (χ3n) is 4.07. The number of hydrogen-bond donors (Lipinski definition) is 0. The number of aromatic nitrogens is 2. The minimum atomic E-state index is 0.480. The predicted molar refractivity (Wildman–Crippen MR) is 85.2 cm³/mol. The largest absolute Gasteiger partial charge is 0.363 e. The lowest BCUT2D eigenvalue weighted by Crippen LogP contribution is -2.23. The fraction of sp³-hybridized carbons (Fsp3) is 0.412. The van der Waals surface area contributed by atoms with Gasteiger partial charge in [0, 0.05) is 39.1 Å². The lowest BCUT2D eigenvalue weighted by Gasteiger charge is -2.25. The van der Waals surface area contributed by atoms with Gasteiger partial charge in [-0.2, -0.15) is 0 Å². The van der Waals surface area contributed by atoms with E-state index < -0.39 is 0 Å². The van der Waals surface area contributed by atoms with Crippen molar-refractivity contribution in [2.45, 2.75) is 25.4 Å². The highest BCUT2D eigenvalue weighted by molar-refractivity contribution is 5.40. The quantitative estimate of drug-likeness (QED) is 0.863. The summed E-state index contributed by atoms with van der Waals surface area (Å²) in [5.41, 5.74) is 2.51. The molecule has 0 spiro atoms. The normalized spacial score (nSPS) is 18.9. The molecular formula is C17H22N4. The van der Waals surface area contributed by atoms with Crippen LogP contribution < -0.4 is 4.90 Å². The van der Waals surface area contributed by atoms with Crippen LogP contribution in [0, 0.1) is 0 Å². The molecule has 1 unspecified atom stereocenters. The van der Waals surface area contributed by atoms with Crippen molar-refractivity contribution in [1.82, 2.24) is 14.9 Å². The van der Waals surface area contributed by atoms with E-state index in [9.17, 15) is 0 Å². The molecular weight excluding hydrogens is 260 g/mol. The molecule has 4 heteroatoms. The average Bonchev–Trinajstić information content (AvgIpc) is 2.96. The second kappa shape index (κ2) is 6.22. The van der Waals surface area contributed by atoms with E-state index in [0.717, 1.165) is 24.6 Å². The van der Waals surface area contributed by atoms with E-state index in [0.29, 0.717) is 6.04 Å². The van der Waals surface area contributed by atoms with Gasteiger partial charge in [-0.3, -0.25) is 9.88 Å². The van der Waals surface area contributed by atoms with Crippen LogP contribution in [0.2, 0.25) is 0 Å². The first-order valence-corrected chi connectivity index (χ1v) is 7.51. The van der Waals surface area contributed by atoms with E-state index in [1.165, 1.54) is 18.4 Å². The Hall–Kier alpha value is -1.94. The van der Waals surface area contributed by atoms with Crippen LogP contribution in [0.1, 0.15) is 30.1 Å². The molecule has 0 bridgehead atoms. The van der Waals surface area contributed by atoms with Gasteiger partial charge >= 0.3 is 0 Å². The van der Waals surface area contributed by atoms with E-state index in [1.807, 2.05) is 32.6 Å². The van der Waals surface area contributed by atoms with Crippen LogP contribution in [0.25, 0.3) is 0 Å². The van der Waals surface area contributed by atoms with Crippen LogP contribution in [-0.2, 0) is 6.54 Å². The summed E-state index contributed by atoms with van der Waals surface area (Å²) in [5, 5.41) is 0. The standard InChI is InChI=1S/C17H22N4/c1-20(2)17-12-14(8-10-19-17)16-7-5-11-21(16)13-15-6-3-4-9-18-15/h3-4,6,8-10,12,16H,5,7,11,13H2,1-2H3. The summed E-state index contributed by atoms with van der Waals surface area (Å²) in [6.07, 6.45) is 6.25. The van der Waals surface area contributed by atoms with Crippen molar-refractivity contribution < 1.29 is 0 Å². The minimum Gasteiger partial charge on any atom is -0.363 e. The van der Waals surface area contributed by atoms with Gasteiger partial charge < -0.3 is 4.90 Å². The fourth-order valence-corrected chi connectivity index (χ4v) is 2.98. The Labute approximate surface area is 126 Å². The van der Waals surface area contributed by atoms with Gasteiger partial charge in [0.05, 0.1) is 5.69 Å². The summed E-state index contributed by atoms with van der Waals surface area (Å²) in [6, 6.07) is 11.0. The average molecular weight is 282 g/mol. The highest BCUT2D eigenvalue weighted by Gasteiger charge is 2.26. The number of anilines is 1. The fourth-order valence-electron chi connectivity index (χ4n) is 2.98. The molecule has 4 nitrogen and oxygen atoms in total. The molecule has 0 aromatic carbocycles. The van der Waals surface area contributed by atoms with Crippen molar-refractivity contribution in [2.75, 3.05) is 25.5 Å². The number of hydrogen-bond acceptors (Lipinski definition) is 4. The molecule has 110 valence electrons. The molecule has 0 N–H and O–H groups in total. The van der Waals surface area contributed by atoms with Gasteiger partial charge in [-0.05, 0) is 49.2 Å². The van der Waals surface area contributed by atoms with E-state index in [2.05, 4.69) is 44.0 Å². The second-order valence-corrected chi connectivity index (χ2v) is 5.79. The zero-order valence-corrected chi connectivity index (χ0v) is 12.7. The molecule has 2 aromatic heterocycles. The van der Waals surface area contributed by atoms with Crippen LogP contribution in [-0.4, -0.2) is 35.5 Å². The van der Waals surface area contributed by atoms with Crippen LogP contribution in [0.3, 0.4) is 0 Å². The van der Waals surface area contributed by atoms with Crippen molar-refractivity contribution in [2.24, 2.45) is 0 Å². The zero-order valence-electron chi connectivity index (χ0n) is 12.7. The summed E-state index contributed by atoms with van der Waals surface area (Å²) in [6.45, 7) is 2.06.